The van der Waals surface area contributed by atoms with Gasteiger partial charge in [-0.1, -0.05) is 6.07 Å². The lowest BCUT2D eigenvalue weighted by Crippen LogP contribution is -2.16. The molecule has 0 fully saturated rings. The maximum absolute atomic E-state index is 11.3. The van der Waals surface area contributed by atoms with Gasteiger partial charge >= 0.3 is 6.09 Å². The zero-order valence-electron chi connectivity index (χ0n) is 9.21. The third kappa shape index (κ3) is 3.50. The highest BCUT2D eigenvalue weighted by Gasteiger charge is 2.09. The number of hydrogen-bond donors (Lipinski definition) is 2. The van der Waals surface area contributed by atoms with Gasteiger partial charge in [0.05, 0.1) is 12.3 Å². The lowest BCUT2D eigenvalue weighted by Gasteiger charge is -2.11. The van der Waals surface area contributed by atoms with E-state index >= 15 is 0 Å². The first-order valence-corrected chi connectivity index (χ1v) is 5.65. The number of ether oxygens (including phenoxy) is 1. The topological polar surface area (TPSA) is 58.6 Å². The van der Waals surface area contributed by atoms with Gasteiger partial charge in [-0.3, -0.25) is 5.32 Å². The molecular formula is C11H14BrNO3. The molecule has 2 N–H and O–H groups in total. The summed E-state index contributed by atoms with van der Waals surface area (Å²) < 4.78 is 5.53. The van der Waals surface area contributed by atoms with Crippen LogP contribution in [0.25, 0.3) is 0 Å². The van der Waals surface area contributed by atoms with Crippen molar-refractivity contribution in [3.63, 3.8) is 0 Å². The van der Waals surface area contributed by atoms with Gasteiger partial charge in [0.2, 0.25) is 0 Å². The van der Waals surface area contributed by atoms with Crippen LogP contribution in [0.5, 0.6) is 0 Å². The SMILES string of the molecule is Cc1cc(C)c(NC(=O)OCCO)c(Br)c1. The Morgan fingerprint density at radius 2 is 2.19 bits per heavy atom. The van der Waals surface area contributed by atoms with Crippen LogP contribution in [0.4, 0.5) is 10.5 Å². The highest BCUT2D eigenvalue weighted by molar-refractivity contribution is 9.10. The van der Waals surface area contributed by atoms with Crippen LogP contribution >= 0.6 is 15.9 Å². The Balaban J connectivity index is 2.77. The number of hydrogen-bond acceptors (Lipinski definition) is 3. The van der Waals surface area contributed by atoms with Gasteiger partial charge in [0.25, 0.3) is 0 Å². The smallest absolute Gasteiger partial charge is 0.411 e. The number of halogens is 1. The van der Waals surface area contributed by atoms with E-state index in [2.05, 4.69) is 21.2 Å². The second-order valence-electron chi connectivity index (χ2n) is 3.42. The van der Waals surface area contributed by atoms with Crippen molar-refractivity contribution in [2.45, 2.75) is 13.8 Å². The maximum atomic E-state index is 11.3. The van der Waals surface area contributed by atoms with Crippen LogP contribution < -0.4 is 5.32 Å². The molecule has 1 amide bonds. The van der Waals surface area contributed by atoms with E-state index in [9.17, 15) is 4.79 Å². The molecule has 1 rings (SSSR count). The van der Waals surface area contributed by atoms with E-state index in [4.69, 9.17) is 9.84 Å². The van der Waals surface area contributed by atoms with Crippen molar-refractivity contribution in [3.05, 3.63) is 27.7 Å². The predicted octanol–water partition coefficient (Wildman–Crippen LogP) is 2.61. The fourth-order valence-electron chi connectivity index (χ4n) is 1.35. The summed E-state index contributed by atoms with van der Waals surface area (Å²) in [5.74, 6) is 0. The number of amides is 1. The summed E-state index contributed by atoms with van der Waals surface area (Å²) in [5, 5.41) is 11.1. The predicted molar refractivity (Wildman–Crippen MR) is 65.7 cm³/mol. The summed E-state index contributed by atoms with van der Waals surface area (Å²) in [4.78, 5) is 11.3. The number of carbonyl (C=O) groups excluding carboxylic acids is 1. The van der Waals surface area contributed by atoms with Crippen LogP contribution in [0.2, 0.25) is 0 Å². The minimum Gasteiger partial charge on any atom is -0.447 e. The Kier molecular flexibility index (Phi) is 4.76. The first kappa shape index (κ1) is 13.0. The molecule has 0 atom stereocenters. The average Bonchev–Trinajstić information content (AvgIpc) is 2.20. The Bertz CT molecular complexity index is 370. The molecule has 0 aromatic heterocycles. The molecule has 1 aromatic carbocycles. The summed E-state index contributed by atoms with van der Waals surface area (Å²) in [6.45, 7) is 3.70. The third-order valence-corrected chi connectivity index (χ3v) is 2.61. The lowest BCUT2D eigenvalue weighted by molar-refractivity contribution is 0.131. The molecule has 0 saturated heterocycles. The largest absolute Gasteiger partial charge is 0.447 e. The molecule has 0 saturated carbocycles. The molecule has 0 aliphatic heterocycles. The molecule has 0 bridgehead atoms. The normalized spacial score (nSPS) is 10.0. The number of aliphatic hydroxyl groups excluding tert-OH is 1. The van der Waals surface area contributed by atoms with E-state index in [1.54, 1.807) is 0 Å². The minimum atomic E-state index is -0.568. The van der Waals surface area contributed by atoms with Crippen LogP contribution in [-0.4, -0.2) is 24.4 Å². The molecule has 0 aliphatic rings. The van der Waals surface area contributed by atoms with Gasteiger partial charge in [-0.15, -0.1) is 0 Å². The zero-order chi connectivity index (χ0) is 12.1. The molecular weight excluding hydrogens is 274 g/mol. The van der Waals surface area contributed by atoms with Gasteiger partial charge in [0, 0.05) is 4.47 Å². The first-order chi connectivity index (χ1) is 7.54. The van der Waals surface area contributed by atoms with Gasteiger partial charge in [0.15, 0.2) is 0 Å². The number of carbonyl (C=O) groups is 1. The average molecular weight is 288 g/mol. The summed E-state index contributed by atoms with van der Waals surface area (Å²) in [5.41, 5.74) is 2.75. The number of anilines is 1. The molecule has 0 unspecified atom stereocenters. The summed E-state index contributed by atoms with van der Waals surface area (Å²) in [7, 11) is 0. The monoisotopic (exact) mass is 287 g/mol. The Morgan fingerprint density at radius 3 is 2.75 bits per heavy atom. The van der Waals surface area contributed by atoms with Crippen LogP contribution in [-0.2, 0) is 4.74 Å². The minimum absolute atomic E-state index is 0.00559. The van der Waals surface area contributed by atoms with Crippen molar-refractivity contribution in [2.75, 3.05) is 18.5 Å². The Hall–Kier alpha value is -1.07. The van der Waals surface area contributed by atoms with E-state index < -0.39 is 6.09 Å². The van der Waals surface area contributed by atoms with Gasteiger partial charge in [-0.05, 0) is 47.0 Å². The second kappa shape index (κ2) is 5.86. The quantitative estimate of drug-likeness (QED) is 0.898. The van der Waals surface area contributed by atoms with E-state index in [0.717, 1.165) is 15.6 Å². The van der Waals surface area contributed by atoms with Crippen molar-refractivity contribution in [2.24, 2.45) is 0 Å². The summed E-state index contributed by atoms with van der Waals surface area (Å²) in [6.07, 6.45) is -0.568. The number of benzene rings is 1. The number of aryl methyl sites for hydroxylation is 2. The van der Waals surface area contributed by atoms with Crippen LogP contribution in [0, 0.1) is 13.8 Å². The van der Waals surface area contributed by atoms with Gasteiger partial charge in [-0.2, -0.15) is 0 Å². The summed E-state index contributed by atoms with van der Waals surface area (Å²) in [6, 6.07) is 3.88. The molecule has 0 aliphatic carbocycles. The first-order valence-electron chi connectivity index (χ1n) is 4.86. The second-order valence-corrected chi connectivity index (χ2v) is 4.28. The molecule has 0 radical (unpaired) electrons. The zero-order valence-corrected chi connectivity index (χ0v) is 10.8. The standard InChI is InChI=1S/C11H14BrNO3/c1-7-5-8(2)10(9(12)6-7)13-11(15)16-4-3-14/h5-6,14H,3-4H2,1-2H3,(H,13,15). The van der Waals surface area contributed by atoms with Crippen LogP contribution in [0.15, 0.2) is 16.6 Å². The molecule has 5 heteroatoms. The van der Waals surface area contributed by atoms with E-state index in [1.807, 2.05) is 26.0 Å². The van der Waals surface area contributed by atoms with Crippen LogP contribution in [0.1, 0.15) is 11.1 Å². The fraction of sp³-hybridized carbons (Fsp3) is 0.364. The van der Waals surface area contributed by atoms with Crippen molar-refractivity contribution in [1.29, 1.82) is 0 Å². The Labute approximate surface area is 103 Å². The number of aliphatic hydroxyl groups is 1. The van der Waals surface area contributed by atoms with Gasteiger partial charge in [-0.25, -0.2) is 4.79 Å². The lowest BCUT2D eigenvalue weighted by atomic mass is 10.1. The van der Waals surface area contributed by atoms with E-state index in [0.29, 0.717) is 5.69 Å². The van der Waals surface area contributed by atoms with Crippen molar-refractivity contribution in [1.82, 2.24) is 0 Å². The van der Waals surface area contributed by atoms with Gasteiger partial charge < -0.3 is 9.84 Å². The molecule has 88 valence electrons. The molecule has 1 aromatic rings. The highest BCUT2D eigenvalue weighted by atomic mass is 79.9. The highest BCUT2D eigenvalue weighted by Crippen LogP contribution is 2.27. The molecule has 16 heavy (non-hydrogen) atoms. The summed E-state index contributed by atoms with van der Waals surface area (Å²) >= 11 is 3.37. The van der Waals surface area contributed by atoms with Crippen molar-refractivity contribution in [3.8, 4) is 0 Å². The van der Waals surface area contributed by atoms with Gasteiger partial charge in [0.1, 0.15) is 6.61 Å². The third-order valence-electron chi connectivity index (χ3n) is 1.98. The van der Waals surface area contributed by atoms with Crippen molar-refractivity contribution >= 4 is 27.7 Å². The molecule has 4 nitrogen and oxygen atoms in total. The maximum Gasteiger partial charge on any atom is 0.411 e. The van der Waals surface area contributed by atoms with Crippen LogP contribution in [0.3, 0.4) is 0 Å². The molecule has 0 heterocycles. The van der Waals surface area contributed by atoms with E-state index in [1.165, 1.54) is 0 Å². The number of nitrogens with one attached hydrogen (secondary N) is 1. The van der Waals surface area contributed by atoms with E-state index in [-0.39, 0.29) is 13.2 Å². The fourth-order valence-corrected chi connectivity index (χ4v) is 2.12. The molecule has 0 spiro atoms. The Morgan fingerprint density at radius 1 is 1.50 bits per heavy atom. The van der Waals surface area contributed by atoms with Crippen molar-refractivity contribution < 1.29 is 14.6 Å². The number of rotatable bonds is 3.